The summed E-state index contributed by atoms with van der Waals surface area (Å²) in [4.78, 5) is 11.0. The van der Waals surface area contributed by atoms with Crippen LogP contribution < -0.4 is 15.4 Å². The summed E-state index contributed by atoms with van der Waals surface area (Å²) in [6, 6.07) is 6.96. The number of sulfonamides is 1. The molecule has 1 aromatic carbocycles. The zero-order chi connectivity index (χ0) is 16.6. The number of nitrogens with zero attached hydrogens (tertiary/aromatic N) is 3. The summed E-state index contributed by atoms with van der Waals surface area (Å²) in [5.74, 6) is 2.28. The molecule has 0 amide bonds. The van der Waals surface area contributed by atoms with Crippen LogP contribution in [-0.2, 0) is 23.0 Å². The van der Waals surface area contributed by atoms with Gasteiger partial charge in [0.15, 0.2) is 0 Å². The van der Waals surface area contributed by atoms with Gasteiger partial charge in [-0.05, 0) is 36.6 Å². The third-order valence-electron chi connectivity index (χ3n) is 3.92. The Morgan fingerprint density at radius 2 is 2.00 bits per heavy atom. The van der Waals surface area contributed by atoms with E-state index in [1.54, 1.807) is 12.1 Å². The Kier molecular flexibility index (Phi) is 3.95. The van der Waals surface area contributed by atoms with Crippen LogP contribution in [-0.4, -0.2) is 32.0 Å². The summed E-state index contributed by atoms with van der Waals surface area (Å²) in [6.45, 7) is 3.26. The van der Waals surface area contributed by atoms with Crippen molar-refractivity contribution in [2.75, 3.05) is 23.8 Å². The Morgan fingerprint density at radius 1 is 1.22 bits per heavy atom. The largest absolute Gasteiger partial charge is 0.373 e. The van der Waals surface area contributed by atoms with Crippen molar-refractivity contribution < 1.29 is 8.42 Å². The number of primary sulfonamides is 1. The van der Waals surface area contributed by atoms with Crippen molar-refractivity contribution in [2.24, 2.45) is 5.14 Å². The highest BCUT2D eigenvalue weighted by molar-refractivity contribution is 7.89. The van der Waals surface area contributed by atoms with Crippen molar-refractivity contribution in [2.45, 2.75) is 24.8 Å². The van der Waals surface area contributed by atoms with Crippen LogP contribution in [0.2, 0.25) is 0 Å². The first-order chi connectivity index (χ1) is 10.9. The molecule has 1 aliphatic heterocycles. The SMILES string of the molecule is CNc1cc(N2CCc3ccc(S(N)(=O)=O)cc3C2)nc(C)n1. The standard InChI is InChI=1S/C15H19N5O2S/c1-10-18-14(17-2)8-15(19-10)20-6-5-11-3-4-13(23(16,21)22)7-12(11)9-20/h3-4,7-8H,5-6,9H2,1-2H3,(H2,16,21,22)(H,17,18,19). The molecule has 1 aromatic heterocycles. The molecule has 0 spiro atoms. The molecular formula is C15H19N5O2S. The van der Waals surface area contributed by atoms with Crippen molar-refractivity contribution in [3.63, 3.8) is 0 Å². The van der Waals surface area contributed by atoms with Gasteiger partial charge in [-0.2, -0.15) is 0 Å². The molecule has 0 radical (unpaired) electrons. The fraction of sp³-hybridized carbons (Fsp3) is 0.333. The lowest BCUT2D eigenvalue weighted by Gasteiger charge is -2.30. The predicted molar refractivity (Wildman–Crippen MR) is 88.9 cm³/mol. The van der Waals surface area contributed by atoms with Crippen LogP contribution in [0.3, 0.4) is 0 Å². The third-order valence-corrected chi connectivity index (χ3v) is 4.83. The second-order valence-electron chi connectivity index (χ2n) is 5.56. The molecule has 0 unspecified atom stereocenters. The van der Waals surface area contributed by atoms with Gasteiger partial charge in [0.1, 0.15) is 17.5 Å². The van der Waals surface area contributed by atoms with Crippen molar-refractivity contribution in [1.82, 2.24) is 9.97 Å². The Morgan fingerprint density at radius 3 is 2.70 bits per heavy atom. The minimum Gasteiger partial charge on any atom is -0.373 e. The molecule has 7 nitrogen and oxygen atoms in total. The van der Waals surface area contributed by atoms with Gasteiger partial charge >= 0.3 is 0 Å². The lowest BCUT2D eigenvalue weighted by Crippen LogP contribution is -2.31. The molecule has 23 heavy (non-hydrogen) atoms. The Bertz CT molecular complexity index is 851. The first-order valence-corrected chi connectivity index (χ1v) is 8.84. The third kappa shape index (κ3) is 3.27. The summed E-state index contributed by atoms with van der Waals surface area (Å²) in [6.07, 6.45) is 0.832. The van der Waals surface area contributed by atoms with Crippen LogP contribution in [0.4, 0.5) is 11.6 Å². The Hall–Kier alpha value is -2.19. The smallest absolute Gasteiger partial charge is 0.238 e. The number of nitrogens with one attached hydrogen (secondary N) is 1. The highest BCUT2D eigenvalue weighted by atomic mass is 32.2. The van der Waals surface area contributed by atoms with Gasteiger partial charge in [0.05, 0.1) is 4.90 Å². The second-order valence-corrected chi connectivity index (χ2v) is 7.12. The quantitative estimate of drug-likeness (QED) is 0.870. The summed E-state index contributed by atoms with van der Waals surface area (Å²) < 4.78 is 23.1. The van der Waals surface area contributed by atoms with E-state index in [0.717, 1.165) is 35.7 Å². The van der Waals surface area contributed by atoms with Crippen LogP contribution in [0, 0.1) is 6.92 Å². The summed E-state index contributed by atoms with van der Waals surface area (Å²) >= 11 is 0. The van der Waals surface area contributed by atoms with E-state index >= 15 is 0 Å². The van der Waals surface area contributed by atoms with E-state index in [9.17, 15) is 8.42 Å². The summed E-state index contributed by atoms with van der Waals surface area (Å²) in [5, 5.41) is 8.24. The number of fused-ring (bicyclic) bond motifs is 1. The first-order valence-electron chi connectivity index (χ1n) is 7.30. The van der Waals surface area contributed by atoms with E-state index in [0.29, 0.717) is 12.4 Å². The lowest BCUT2D eigenvalue weighted by atomic mass is 10.00. The molecule has 0 bridgehead atoms. The average Bonchev–Trinajstić information content (AvgIpc) is 2.52. The number of hydrogen-bond acceptors (Lipinski definition) is 6. The van der Waals surface area contributed by atoms with Crippen LogP contribution in [0.1, 0.15) is 17.0 Å². The molecule has 2 heterocycles. The number of hydrogen-bond donors (Lipinski definition) is 2. The zero-order valence-corrected chi connectivity index (χ0v) is 13.9. The molecule has 8 heteroatoms. The fourth-order valence-corrected chi connectivity index (χ4v) is 3.31. The molecule has 0 atom stereocenters. The van der Waals surface area contributed by atoms with Gasteiger partial charge in [-0.3, -0.25) is 0 Å². The van der Waals surface area contributed by atoms with Crippen LogP contribution >= 0.6 is 0 Å². The van der Waals surface area contributed by atoms with E-state index < -0.39 is 10.0 Å². The average molecular weight is 333 g/mol. The zero-order valence-electron chi connectivity index (χ0n) is 13.1. The van der Waals surface area contributed by atoms with E-state index in [2.05, 4.69) is 20.2 Å². The molecular weight excluding hydrogens is 314 g/mol. The first kappa shape index (κ1) is 15.7. The fourth-order valence-electron chi connectivity index (χ4n) is 2.75. The van der Waals surface area contributed by atoms with Gasteiger partial charge in [0.25, 0.3) is 0 Å². The second kappa shape index (κ2) is 5.78. The highest BCUT2D eigenvalue weighted by Gasteiger charge is 2.20. The normalized spacial score (nSPS) is 14.5. The van der Waals surface area contributed by atoms with Crippen molar-refractivity contribution in [1.29, 1.82) is 0 Å². The van der Waals surface area contributed by atoms with Gasteiger partial charge in [-0.25, -0.2) is 23.5 Å². The van der Waals surface area contributed by atoms with E-state index in [1.807, 2.05) is 26.1 Å². The molecule has 122 valence electrons. The van der Waals surface area contributed by atoms with E-state index in [1.165, 1.54) is 0 Å². The van der Waals surface area contributed by atoms with Gasteiger partial charge in [-0.15, -0.1) is 0 Å². The molecule has 3 rings (SSSR count). The lowest BCUT2D eigenvalue weighted by molar-refractivity contribution is 0.597. The molecule has 2 aromatic rings. The van der Waals surface area contributed by atoms with Gasteiger partial charge in [0, 0.05) is 26.2 Å². The molecule has 0 fully saturated rings. The summed E-state index contributed by atoms with van der Waals surface area (Å²) in [7, 11) is -1.88. The van der Waals surface area contributed by atoms with Crippen LogP contribution in [0.5, 0.6) is 0 Å². The number of rotatable bonds is 3. The molecule has 0 saturated carbocycles. The van der Waals surface area contributed by atoms with Crippen molar-refractivity contribution in [3.8, 4) is 0 Å². The van der Waals surface area contributed by atoms with Crippen LogP contribution in [0.15, 0.2) is 29.2 Å². The number of benzene rings is 1. The van der Waals surface area contributed by atoms with E-state index in [-0.39, 0.29) is 4.90 Å². The number of nitrogens with two attached hydrogens (primary N) is 1. The predicted octanol–water partition coefficient (Wildman–Crippen LogP) is 1.04. The number of aromatic nitrogens is 2. The number of anilines is 2. The minimum absolute atomic E-state index is 0.146. The van der Waals surface area contributed by atoms with Crippen molar-refractivity contribution >= 4 is 21.7 Å². The van der Waals surface area contributed by atoms with Gasteiger partial charge in [0.2, 0.25) is 10.0 Å². The molecule has 1 aliphatic rings. The van der Waals surface area contributed by atoms with E-state index in [4.69, 9.17) is 5.14 Å². The number of aryl methyl sites for hydroxylation is 1. The van der Waals surface area contributed by atoms with Gasteiger partial charge < -0.3 is 10.2 Å². The maximum absolute atomic E-state index is 11.5. The van der Waals surface area contributed by atoms with Gasteiger partial charge in [-0.1, -0.05) is 6.07 Å². The van der Waals surface area contributed by atoms with Crippen molar-refractivity contribution in [3.05, 3.63) is 41.2 Å². The summed E-state index contributed by atoms with van der Waals surface area (Å²) in [5.41, 5.74) is 2.11. The minimum atomic E-state index is -3.69. The monoisotopic (exact) mass is 333 g/mol. The Balaban J connectivity index is 1.94. The maximum atomic E-state index is 11.5. The highest BCUT2D eigenvalue weighted by Crippen LogP contribution is 2.26. The maximum Gasteiger partial charge on any atom is 0.238 e. The van der Waals surface area contributed by atoms with Crippen LogP contribution in [0.25, 0.3) is 0 Å². The molecule has 0 saturated heterocycles. The Labute approximate surface area is 135 Å². The molecule has 0 aliphatic carbocycles. The molecule has 3 N–H and O–H groups in total. The topological polar surface area (TPSA) is 101 Å².